The summed E-state index contributed by atoms with van der Waals surface area (Å²) in [6.45, 7) is 13.2. The number of amides is 1. The first kappa shape index (κ1) is 16.9. The van der Waals surface area contributed by atoms with Gasteiger partial charge in [0.25, 0.3) is 0 Å². The van der Waals surface area contributed by atoms with Gasteiger partial charge in [-0.15, -0.1) is 0 Å². The molecule has 4 nitrogen and oxygen atoms in total. The summed E-state index contributed by atoms with van der Waals surface area (Å²) in [6, 6.07) is -0.470. The van der Waals surface area contributed by atoms with E-state index in [4.69, 9.17) is 4.74 Å². The second-order valence-corrected chi connectivity index (χ2v) is 6.43. The minimum atomic E-state index is -0.549. The fourth-order valence-electron chi connectivity index (χ4n) is 1.58. The lowest BCUT2D eigenvalue weighted by Gasteiger charge is -2.25. The number of hydrogen-bond acceptors (Lipinski definition) is 3. The van der Waals surface area contributed by atoms with Gasteiger partial charge in [0.2, 0.25) is 0 Å². The molecule has 0 aliphatic carbocycles. The van der Waals surface area contributed by atoms with Gasteiger partial charge in [0, 0.05) is 6.42 Å². The highest BCUT2D eigenvalue weighted by molar-refractivity contribution is 5.87. The van der Waals surface area contributed by atoms with E-state index in [1.165, 1.54) is 0 Å². The van der Waals surface area contributed by atoms with E-state index in [2.05, 4.69) is 5.32 Å². The number of ether oxygens (including phenoxy) is 1. The second kappa shape index (κ2) is 6.76. The van der Waals surface area contributed by atoms with Crippen molar-refractivity contribution >= 4 is 11.9 Å². The third-order valence-electron chi connectivity index (χ3n) is 2.30. The highest BCUT2D eigenvalue weighted by atomic mass is 16.6. The van der Waals surface area contributed by atoms with E-state index in [9.17, 15) is 9.59 Å². The molecule has 0 radical (unpaired) electrons. The zero-order chi connectivity index (χ0) is 14.5. The monoisotopic (exact) mass is 257 g/mol. The Morgan fingerprint density at radius 1 is 1.11 bits per heavy atom. The SMILES string of the molecule is CC(C)CC(=O)[C@@H](NC(=O)OC(C)(C)C)C(C)C. The predicted molar refractivity (Wildman–Crippen MR) is 72.5 cm³/mol. The van der Waals surface area contributed by atoms with Crippen LogP contribution < -0.4 is 5.32 Å². The van der Waals surface area contributed by atoms with E-state index >= 15 is 0 Å². The Morgan fingerprint density at radius 3 is 1.94 bits per heavy atom. The Bertz CT molecular complexity index is 290. The topological polar surface area (TPSA) is 55.4 Å². The van der Waals surface area contributed by atoms with Gasteiger partial charge in [-0.3, -0.25) is 4.79 Å². The Labute approximate surface area is 110 Å². The molecule has 0 saturated heterocycles. The van der Waals surface area contributed by atoms with Crippen LogP contribution in [0.4, 0.5) is 4.79 Å². The number of carbonyl (C=O) groups excluding carboxylic acids is 2. The summed E-state index contributed by atoms with van der Waals surface area (Å²) >= 11 is 0. The first-order valence-corrected chi connectivity index (χ1v) is 6.55. The molecule has 18 heavy (non-hydrogen) atoms. The normalized spacial score (nSPS) is 13.6. The zero-order valence-electron chi connectivity index (χ0n) is 12.7. The minimum absolute atomic E-state index is 0.0590. The average molecular weight is 257 g/mol. The third-order valence-corrected chi connectivity index (χ3v) is 2.30. The van der Waals surface area contributed by atoms with Crippen molar-refractivity contribution in [3.63, 3.8) is 0 Å². The molecule has 0 aromatic carbocycles. The zero-order valence-corrected chi connectivity index (χ0v) is 12.7. The van der Waals surface area contributed by atoms with Gasteiger partial charge in [-0.1, -0.05) is 27.7 Å². The van der Waals surface area contributed by atoms with Gasteiger partial charge in [-0.2, -0.15) is 0 Å². The van der Waals surface area contributed by atoms with Crippen LogP contribution in [0.5, 0.6) is 0 Å². The molecule has 1 N–H and O–H groups in total. The van der Waals surface area contributed by atoms with E-state index in [1.54, 1.807) is 20.8 Å². The van der Waals surface area contributed by atoms with Crippen LogP contribution in [0.15, 0.2) is 0 Å². The molecular weight excluding hydrogens is 230 g/mol. The van der Waals surface area contributed by atoms with Crippen LogP contribution >= 0.6 is 0 Å². The summed E-state index contributed by atoms with van der Waals surface area (Å²) in [6.07, 6.45) is -0.0585. The molecule has 0 aliphatic rings. The molecule has 0 saturated carbocycles. The van der Waals surface area contributed by atoms with E-state index < -0.39 is 17.7 Å². The third kappa shape index (κ3) is 7.30. The molecule has 0 bridgehead atoms. The first-order chi connectivity index (χ1) is 8.03. The number of alkyl carbamates (subject to hydrolysis) is 1. The summed E-state index contributed by atoms with van der Waals surface area (Å²) in [4.78, 5) is 23.7. The standard InChI is InChI=1S/C14H27NO3/c1-9(2)8-11(16)12(10(3)4)15-13(17)18-14(5,6)7/h9-10,12H,8H2,1-7H3,(H,15,17)/t12-/m0/s1. The lowest BCUT2D eigenvalue weighted by Crippen LogP contribution is -2.46. The lowest BCUT2D eigenvalue weighted by atomic mass is 9.94. The van der Waals surface area contributed by atoms with Crippen LogP contribution in [0.1, 0.15) is 54.9 Å². The van der Waals surface area contributed by atoms with Crippen molar-refractivity contribution in [1.29, 1.82) is 0 Å². The number of Topliss-reactive ketones (excluding diaryl/α,β-unsaturated/α-hetero) is 1. The summed E-state index contributed by atoms with van der Waals surface area (Å²) < 4.78 is 5.17. The van der Waals surface area contributed by atoms with E-state index in [0.29, 0.717) is 12.3 Å². The molecular formula is C14H27NO3. The summed E-state index contributed by atoms with van der Waals surface area (Å²) in [5.41, 5.74) is -0.549. The summed E-state index contributed by atoms with van der Waals surface area (Å²) in [5, 5.41) is 2.67. The van der Waals surface area contributed by atoms with Gasteiger partial charge >= 0.3 is 6.09 Å². The van der Waals surface area contributed by atoms with Crippen molar-refractivity contribution in [1.82, 2.24) is 5.32 Å². The highest BCUT2D eigenvalue weighted by Crippen LogP contribution is 2.12. The van der Waals surface area contributed by atoms with Crippen molar-refractivity contribution in [2.24, 2.45) is 11.8 Å². The maximum absolute atomic E-state index is 12.0. The van der Waals surface area contributed by atoms with Crippen LogP contribution in [0.3, 0.4) is 0 Å². The number of ketones is 1. The van der Waals surface area contributed by atoms with Crippen LogP contribution in [-0.2, 0) is 9.53 Å². The first-order valence-electron chi connectivity index (χ1n) is 6.55. The van der Waals surface area contributed by atoms with Crippen LogP contribution in [-0.4, -0.2) is 23.5 Å². The molecule has 106 valence electrons. The van der Waals surface area contributed by atoms with Crippen molar-refractivity contribution in [2.45, 2.75) is 66.5 Å². The molecule has 0 aromatic heterocycles. The largest absolute Gasteiger partial charge is 0.444 e. The van der Waals surface area contributed by atoms with Crippen molar-refractivity contribution < 1.29 is 14.3 Å². The maximum Gasteiger partial charge on any atom is 0.408 e. The lowest BCUT2D eigenvalue weighted by molar-refractivity contribution is -0.122. The van der Waals surface area contributed by atoms with Crippen LogP contribution in [0.2, 0.25) is 0 Å². The Morgan fingerprint density at radius 2 is 1.61 bits per heavy atom. The quantitative estimate of drug-likeness (QED) is 0.823. The fourth-order valence-corrected chi connectivity index (χ4v) is 1.58. The second-order valence-electron chi connectivity index (χ2n) is 6.43. The summed E-state index contributed by atoms with van der Waals surface area (Å²) in [5.74, 6) is 0.411. The molecule has 0 fully saturated rings. The Hall–Kier alpha value is -1.06. The van der Waals surface area contributed by atoms with Gasteiger partial charge in [0.1, 0.15) is 5.60 Å². The van der Waals surface area contributed by atoms with Gasteiger partial charge < -0.3 is 10.1 Å². The minimum Gasteiger partial charge on any atom is -0.444 e. The Balaban J connectivity index is 4.54. The Kier molecular flexibility index (Phi) is 6.36. The van der Waals surface area contributed by atoms with E-state index in [-0.39, 0.29) is 11.7 Å². The predicted octanol–water partition coefficient (Wildman–Crippen LogP) is 3.15. The number of rotatable bonds is 5. The fraction of sp³-hybridized carbons (Fsp3) is 0.857. The van der Waals surface area contributed by atoms with Crippen LogP contribution in [0.25, 0.3) is 0 Å². The van der Waals surface area contributed by atoms with E-state index in [0.717, 1.165) is 0 Å². The molecule has 0 rings (SSSR count). The van der Waals surface area contributed by atoms with Gasteiger partial charge in [0.15, 0.2) is 5.78 Å². The molecule has 0 unspecified atom stereocenters. The molecule has 0 spiro atoms. The van der Waals surface area contributed by atoms with Gasteiger partial charge in [0.05, 0.1) is 6.04 Å². The van der Waals surface area contributed by atoms with Gasteiger partial charge in [-0.05, 0) is 32.6 Å². The van der Waals surface area contributed by atoms with Crippen molar-refractivity contribution in [3.8, 4) is 0 Å². The molecule has 0 aliphatic heterocycles. The average Bonchev–Trinajstić information content (AvgIpc) is 2.09. The van der Waals surface area contributed by atoms with E-state index in [1.807, 2.05) is 27.7 Å². The van der Waals surface area contributed by atoms with Gasteiger partial charge in [-0.25, -0.2) is 4.79 Å². The molecule has 1 amide bonds. The molecule has 4 heteroatoms. The number of carbonyl (C=O) groups is 2. The van der Waals surface area contributed by atoms with Crippen molar-refractivity contribution in [2.75, 3.05) is 0 Å². The molecule has 0 aromatic rings. The van der Waals surface area contributed by atoms with Crippen LogP contribution in [0, 0.1) is 11.8 Å². The smallest absolute Gasteiger partial charge is 0.408 e. The maximum atomic E-state index is 12.0. The molecule has 0 heterocycles. The summed E-state index contributed by atoms with van der Waals surface area (Å²) in [7, 11) is 0. The molecule has 1 atom stereocenters. The number of hydrogen-bond donors (Lipinski definition) is 1. The van der Waals surface area contributed by atoms with Crippen molar-refractivity contribution in [3.05, 3.63) is 0 Å². The highest BCUT2D eigenvalue weighted by Gasteiger charge is 2.26. The number of nitrogens with one attached hydrogen (secondary N) is 1.